The molecule has 0 bridgehead atoms. The lowest BCUT2D eigenvalue weighted by Crippen LogP contribution is -2.32. The van der Waals surface area contributed by atoms with Gasteiger partial charge < -0.3 is 9.88 Å². The van der Waals surface area contributed by atoms with Crippen LogP contribution >= 0.6 is 0 Å². The lowest BCUT2D eigenvalue weighted by atomic mass is 10.3. The zero-order chi connectivity index (χ0) is 16.2. The number of aryl methyl sites for hydroxylation is 1. The van der Waals surface area contributed by atoms with Crippen LogP contribution in [0, 0.1) is 6.92 Å². The molecule has 3 rings (SSSR count). The largest absolute Gasteiger partial charge is 0.353 e. The summed E-state index contributed by atoms with van der Waals surface area (Å²) in [6.07, 6.45) is 3.14. The van der Waals surface area contributed by atoms with Crippen molar-refractivity contribution in [3.8, 4) is 0 Å². The Labute approximate surface area is 132 Å². The van der Waals surface area contributed by atoms with Crippen LogP contribution in [0.15, 0.2) is 47.8 Å². The van der Waals surface area contributed by atoms with Crippen LogP contribution in [-0.2, 0) is 17.9 Å². The van der Waals surface area contributed by atoms with Crippen LogP contribution < -0.4 is 10.9 Å². The molecule has 23 heavy (non-hydrogen) atoms. The van der Waals surface area contributed by atoms with Crippen LogP contribution in [0.1, 0.15) is 5.69 Å². The fourth-order valence-electron chi connectivity index (χ4n) is 2.35. The average Bonchev–Trinajstić information content (AvgIpc) is 2.93. The number of fused-ring (bicyclic) bond motifs is 1. The Bertz CT molecular complexity index is 897. The molecule has 0 unspecified atom stereocenters. The molecule has 2 heterocycles. The fraction of sp³-hybridized carbons (Fsp3) is 0.250. The summed E-state index contributed by atoms with van der Waals surface area (Å²) in [4.78, 5) is 32.1. The summed E-state index contributed by atoms with van der Waals surface area (Å²) < 4.78 is 3.27. The van der Waals surface area contributed by atoms with Crippen LogP contribution in [0.5, 0.6) is 0 Å². The molecule has 7 heteroatoms. The molecule has 1 aromatic carbocycles. The maximum atomic E-state index is 12.0. The molecule has 1 amide bonds. The minimum atomic E-state index is -0.124. The van der Waals surface area contributed by atoms with Gasteiger partial charge >= 0.3 is 0 Å². The maximum Gasteiger partial charge on any atom is 0.253 e. The first-order valence-electron chi connectivity index (χ1n) is 7.33. The van der Waals surface area contributed by atoms with E-state index >= 15 is 0 Å². The summed E-state index contributed by atoms with van der Waals surface area (Å²) in [6.45, 7) is 2.73. The number of hydrogen-bond donors (Lipinski definition) is 1. The second-order valence-electron chi connectivity index (χ2n) is 5.27. The number of nitrogens with one attached hydrogen (secondary N) is 1. The Kier molecular flexibility index (Phi) is 4.18. The van der Waals surface area contributed by atoms with Crippen molar-refractivity contribution < 1.29 is 4.79 Å². The highest BCUT2D eigenvalue weighted by atomic mass is 16.2. The summed E-state index contributed by atoms with van der Waals surface area (Å²) >= 11 is 0. The minimum Gasteiger partial charge on any atom is -0.353 e. The van der Waals surface area contributed by atoms with Gasteiger partial charge in [-0.3, -0.25) is 14.2 Å². The Morgan fingerprint density at radius 2 is 1.96 bits per heavy atom. The van der Waals surface area contributed by atoms with E-state index in [0.29, 0.717) is 18.8 Å². The highest BCUT2D eigenvalue weighted by molar-refractivity contribution is 5.80. The molecule has 0 aliphatic rings. The first-order valence-corrected chi connectivity index (χ1v) is 7.33. The Morgan fingerprint density at radius 1 is 1.17 bits per heavy atom. The van der Waals surface area contributed by atoms with E-state index in [2.05, 4.69) is 15.3 Å². The van der Waals surface area contributed by atoms with Gasteiger partial charge in [0.05, 0.1) is 23.7 Å². The van der Waals surface area contributed by atoms with Crippen LogP contribution in [-0.4, -0.2) is 31.6 Å². The normalized spacial score (nSPS) is 10.8. The van der Waals surface area contributed by atoms with E-state index in [0.717, 1.165) is 11.0 Å². The molecule has 7 nitrogen and oxygen atoms in total. The minimum absolute atomic E-state index is 0.118. The van der Waals surface area contributed by atoms with Crippen molar-refractivity contribution in [1.82, 2.24) is 24.4 Å². The number of rotatable bonds is 5. The average molecular weight is 311 g/mol. The van der Waals surface area contributed by atoms with E-state index < -0.39 is 0 Å². The number of hydrogen-bond acceptors (Lipinski definition) is 4. The number of nitrogens with zero attached hydrogens (tertiary/aromatic N) is 4. The molecule has 118 valence electrons. The molecule has 0 saturated heterocycles. The molecule has 0 aliphatic heterocycles. The zero-order valence-corrected chi connectivity index (χ0v) is 12.8. The van der Waals surface area contributed by atoms with Gasteiger partial charge in [-0.15, -0.1) is 0 Å². The topological polar surface area (TPSA) is 81.8 Å². The van der Waals surface area contributed by atoms with Crippen LogP contribution in [0.25, 0.3) is 11.0 Å². The first-order chi connectivity index (χ1) is 11.1. The molecule has 0 aliphatic carbocycles. The Balaban J connectivity index is 1.56. The highest BCUT2D eigenvalue weighted by Gasteiger charge is 2.06. The predicted octanol–water partition coefficient (Wildman–Crippen LogP) is 0.718. The second-order valence-corrected chi connectivity index (χ2v) is 5.27. The smallest absolute Gasteiger partial charge is 0.253 e. The summed E-state index contributed by atoms with van der Waals surface area (Å²) in [5.74, 6) is -0.124. The van der Waals surface area contributed by atoms with Gasteiger partial charge in [0.1, 0.15) is 6.54 Å². The molecule has 0 fully saturated rings. The third kappa shape index (κ3) is 3.45. The number of carbonyl (C=O) groups is 1. The van der Waals surface area contributed by atoms with Gasteiger partial charge in [0, 0.05) is 24.8 Å². The number of imidazole rings is 1. The second kappa shape index (κ2) is 6.43. The third-order valence-electron chi connectivity index (χ3n) is 3.53. The van der Waals surface area contributed by atoms with Crippen molar-refractivity contribution in [2.75, 3.05) is 6.54 Å². The first kappa shape index (κ1) is 15.0. The molecule has 0 radical (unpaired) electrons. The van der Waals surface area contributed by atoms with Crippen LogP contribution in [0.4, 0.5) is 0 Å². The number of para-hydroxylation sites is 2. The van der Waals surface area contributed by atoms with Gasteiger partial charge in [0.15, 0.2) is 0 Å². The van der Waals surface area contributed by atoms with Gasteiger partial charge in [-0.2, -0.15) is 0 Å². The summed E-state index contributed by atoms with van der Waals surface area (Å²) in [7, 11) is 0. The maximum absolute atomic E-state index is 12.0. The number of aromatic nitrogens is 4. The zero-order valence-electron chi connectivity index (χ0n) is 12.8. The molecule has 0 atom stereocenters. The molecular weight excluding hydrogens is 294 g/mol. The molecule has 0 spiro atoms. The Morgan fingerprint density at radius 3 is 2.78 bits per heavy atom. The molecule has 1 N–H and O–H groups in total. The van der Waals surface area contributed by atoms with Crippen molar-refractivity contribution in [3.63, 3.8) is 0 Å². The predicted molar refractivity (Wildman–Crippen MR) is 86.0 cm³/mol. The quantitative estimate of drug-likeness (QED) is 0.752. The van der Waals surface area contributed by atoms with Crippen molar-refractivity contribution in [2.45, 2.75) is 20.0 Å². The number of amides is 1. The molecular formula is C16H17N5O2. The molecule has 3 aromatic rings. The third-order valence-corrected chi connectivity index (χ3v) is 3.53. The summed E-state index contributed by atoms with van der Waals surface area (Å²) in [6, 6.07) is 9.12. The van der Waals surface area contributed by atoms with Crippen molar-refractivity contribution in [3.05, 3.63) is 59.0 Å². The van der Waals surface area contributed by atoms with E-state index in [9.17, 15) is 9.59 Å². The Hall–Kier alpha value is -2.96. The number of benzene rings is 1. The van der Waals surface area contributed by atoms with E-state index in [1.807, 2.05) is 24.3 Å². The van der Waals surface area contributed by atoms with E-state index in [1.165, 1.54) is 17.0 Å². The lowest BCUT2D eigenvalue weighted by Gasteiger charge is -2.08. The van der Waals surface area contributed by atoms with Crippen molar-refractivity contribution in [2.24, 2.45) is 0 Å². The van der Waals surface area contributed by atoms with Gasteiger partial charge in [0.25, 0.3) is 5.56 Å². The number of carbonyl (C=O) groups excluding carboxylic acids is 1. The summed E-state index contributed by atoms with van der Waals surface area (Å²) in [5.41, 5.74) is 2.34. The fourth-order valence-corrected chi connectivity index (χ4v) is 2.35. The van der Waals surface area contributed by atoms with E-state index in [-0.39, 0.29) is 18.0 Å². The molecule has 0 saturated carbocycles. The van der Waals surface area contributed by atoms with Crippen LogP contribution in [0.3, 0.4) is 0 Å². The van der Waals surface area contributed by atoms with Crippen molar-refractivity contribution in [1.29, 1.82) is 0 Å². The van der Waals surface area contributed by atoms with Crippen LogP contribution in [0.2, 0.25) is 0 Å². The van der Waals surface area contributed by atoms with Gasteiger partial charge in [0.2, 0.25) is 5.91 Å². The van der Waals surface area contributed by atoms with Gasteiger partial charge in [-0.1, -0.05) is 12.1 Å². The lowest BCUT2D eigenvalue weighted by molar-refractivity contribution is -0.121. The highest BCUT2D eigenvalue weighted by Crippen LogP contribution is 2.11. The van der Waals surface area contributed by atoms with Crippen molar-refractivity contribution >= 4 is 16.9 Å². The van der Waals surface area contributed by atoms with E-state index in [4.69, 9.17) is 0 Å². The standard InChI is InChI=1S/C16H17N5O2/c1-12-8-16(23)20(10-18-12)7-6-17-15(22)9-21-11-19-13-4-2-3-5-14(13)21/h2-5,8,10-11H,6-7,9H2,1H3,(H,17,22). The summed E-state index contributed by atoms with van der Waals surface area (Å²) in [5, 5.41) is 2.80. The molecule has 2 aromatic heterocycles. The van der Waals surface area contributed by atoms with Gasteiger partial charge in [-0.25, -0.2) is 9.97 Å². The van der Waals surface area contributed by atoms with Gasteiger partial charge in [-0.05, 0) is 19.1 Å². The van der Waals surface area contributed by atoms with E-state index in [1.54, 1.807) is 17.8 Å². The SMILES string of the molecule is Cc1cc(=O)n(CCNC(=O)Cn2cnc3ccccc32)cn1. The monoisotopic (exact) mass is 311 g/mol.